The van der Waals surface area contributed by atoms with Crippen LogP contribution in [0.3, 0.4) is 0 Å². The summed E-state index contributed by atoms with van der Waals surface area (Å²) in [5, 5.41) is 5.94. The molecule has 2 bridgehead atoms. The predicted octanol–water partition coefficient (Wildman–Crippen LogP) is 3.94. The lowest BCUT2D eigenvalue weighted by molar-refractivity contribution is -0.199. The van der Waals surface area contributed by atoms with Crippen molar-refractivity contribution in [1.29, 1.82) is 0 Å². The molecule has 9 nitrogen and oxygen atoms in total. The van der Waals surface area contributed by atoms with Gasteiger partial charge in [0.25, 0.3) is 0 Å². The van der Waals surface area contributed by atoms with Crippen LogP contribution in [0, 0.1) is 29.1 Å². The molecule has 220 valence electrons. The fourth-order valence-electron chi connectivity index (χ4n) is 7.29. The first kappa shape index (κ1) is 30.2. The van der Waals surface area contributed by atoms with Gasteiger partial charge >= 0.3 is 13.2 Å². The summed E-state index contributed by atoms with van der Waals surface area (Å²) in [4.78, 5) is 41.4. The van der Waals surface area contributed by atoms with Crippen molar-refractivity contribution < 1.29 is 28.4 Å². The van der Waals surface area contributed by atoms with Crippen molar-refractivity contribution in [3.63, 3.8) is 0 Å². The van der Waals surface area contributed by atoms with Gasteiger partial charge in [-0.3, -0.25) is 9.59 Å². The Labute approximate surface area is 235 Å². The van der Waals surface area contributed by atoms with Gasteiger partial charge in [-0.05, 0) is 82.5 Å². The lowest BCUT2D eigenvalue weighted by Crippen LogP contribution is -2.65. The summed E-state index contributed by atoms with van der Waals surface area (Å²) in [6.45, 7) is 20.5. The highest BCUT2D eigenvalue weighted by atomic mass is 16.7. The molecule has 0 unspecified atom stereocenters. The second-order valence-electron chi connectivity index (χ2n) is 14.7. The number of alkyl carbamates (subject to hydrolysis) is 1. The van der Waals surface area contributed by atoms with Gasteiger partial charge in [0.1, 0.15) is 17.7 Å². The van der Waals surface area contributed by atoms with E-state index in [9.17, 15) is 14.4 Å². The number of rotatable bonds is 7. The van der Waals surface area contributed by atoms with Crippen LogP contribution in [-0.2, 0) is 23.6 Å². The minimum atomic E-state index is -0.784. The van der Waals surface area contributed by atoms with Gasteiger partial charge in [0.2, 0.25) is 11.8 Å². The summed E-state index contributed by atoms with van der Waals surface area (Å²) in [6.07, 6.45) is 2.85. The lowest BCUT2D eigenvalue weighted by Gasteiger charge is -2.64. The van der Waals surface area contributed by atoms with Gasteiger partial charge in [0, 0.05) is 6.54 Å². The Morgan fingerprint density at radius 2 is 1.69 bits per heavy atom. The highest BCUT2D eigenvalue weighted by Gasteiger charge is 2.68. The molecule has 3 aliphatic carbocycles. The fraction of sp³-hybridized carbons (Fsp3) is 0.897. The third kappa shape index (κ3) is 5.70. The molecule has 7 atom stereocenters. The van der Waals surface area contributed by atoms with E-state index in [-0.39, 0.29) is 46.7 Å². The first-order valence-electron chi connectivity index (χ1n) is 14.9. The van der Waals surface area contributed by atoms with Crippen molar-refractivity contribution in [3.8, 4) is 0 Å². The Hall–Kier alpha value is -1.81. The van der Waals surface area contributed by atoms with E-state index in [1.165, 1.54) is 6.42 Å². The van der Waals surface area contributed by atoms with Gasteiger partial charge in [0.15, 0.2) is 0 Å². The van der Waals surface area contributed by atoms with Crippen LogP contribution >= 0.6 is 0 Å². The molecule has 3 amide bonds. The number of nitrogens with zero attached hydrogens (tertiary/aromatic N) is 1. The monoisotopic (exact) mass is 547 g/mol. The normalized spacial score (nSPS) is 32.9. The van der Waals surface area contributed by atoms with Crippen molar-refractivity contribution in [1.82, 2.24) is 15.5 Å². The molecule has 0 aromatic rings. The number of carbonyl (C=O) groups is 3. The summed E-state index contributed by atoms with van der Waals surface area (Å²) in [6, 6.07) is -1.39. The minimum absolute atomic E-state index is 0.0349. The average molecular weight is 548 g/mol. The van der Waals surface area contributed by atoms with Crippen LogP contribution < -0.4 is 10.6 Å². The molecule has 2 heterocycles. The molecule has 39 heavy (non-hydrogen) atoms. The van der Waals surface area contributed by atoms with Gasteiger partial charge in [-0.1, -0.05) is 41.5 Å². The van der Waals surface area contributed by atoms with E-state index >= 15 is 0 Å². The maximum atomic E-state index is 13.7. The van der Waals surface area contributed by atoms with Gasteiger partial charge in [0.05, 0.1) is 17.6 Å². The lowest BCUT2D eigenvalue weighted by atomic mass is 9.43. The van der Waals surface area contributed by atoms with Crippen molar-refractivity contribution >= 4 is 25.0 Å². The minimum Gasteiger partial charge on any atom is -0.444 e. The predicted molar refractivity (Wildman–Crippen MR) is 150 cm³/mol. The quantitative estimate of drug-likeness (QED) is 0.468. The Morgan fingerprint density at radius 1 is 1.03 bits per heavy atom. The number of carbonyl (C=O) groups excluding carboxylic acids is 3. The van der Waals surface area contributed by atoms with Crippen molar-refractivity contribution in [2.45, 2.75) is 130 Å². The average Bonchev–Trinajstić information content (AvgIpc) is 3.42. The number of hydrogen-bond acceptors (Lipinski definition) is 6. The topological polar surface area (TPSA) is 106 Å². The Morgan fingerprint density at radius 3 is 2.26 bits per heavy atom. The van der Waals surface area contributed by atoms with Crippen molar-refractivity contribution in [2.75, 3.05) is 6.54 Å². The molecule has 5 rings (SSSR count). The van der Waals surface area contributed by atoms with Crippen LogP contribution in [0.1, 0.15) is 94.9 Å². The number of amides is 3. The molecule has 2 saturated heterocycles. The second kappa shape index (κ2) is 10.5. The molecular formula is C29H50BN3O6. The van der Waals surface area contributed by atoms with E-state index in [1.807, 2.05) is 13.8 Å². The number of nitrogens with one attached hydrogen (secondary N) is 2. The highest BCUT2D eigenvalue weighted by molar-refractivity contribution is 6.48. The van der Waals surface area contributed by atoms with Crippen molar-refractivity contribution in [2.24, 2.45) is 29.1 Å². The van der Waals surface area contributed by atoms with Crippen LogP contribution in [0.25, 0.3) is 0 Å². The molecule has 0 radical (unpaired) electrons. The molecule has 0 aromatic heterocycles. The van der Waals surface area contributed by atoms with Gasteiger partial charge in [-0.25, -0.2) is 4.79 Å². The Balaban J connectivity index is 1.43. The maximum absolute atomic E-state index is 13.7. The van der Waals surface area contributed by atoms with Gasteiger partial charge < -0.3 is 29.6 Å². The second-order valence-corrected chi connectivity index (χ2v) is 14.7. The van der Waals surface area contributed by atoms with Crippen LogP contribution in [0.15, 0.2) is 0 Å². The van der Waals surface area contributed by atoms with Crippen LogP contribution in [0.2, 0.25) is 0 Å². The number of ether oxygens (including phenoxy) is 1. The zero-order valence-electron chi connectivity index (χ0n) is 25.6. The molecule has 5 fully saturated rings. The largest absolute Gasteiger partial charge is 0.481 e. The SMILES string of the molecule is CC(C)[C@H](NC(=O)[C@@H]1CCCN1C(=O)[C@@H](NC(=O)OC(C)(C)C)C(C)C)B1O[C@@H]2C[C@@H]3C[C@@H](C3(C)C)[C@]2(C)O1. The summed E-state index contributed by atoms with van der Waals surface area (Å²) in [5.41, 5.74) is -0.787. The van der Waals surface area contributed by atoms with Crippen LogP contribution in [-0.4, -0.2) is 71.8 Å². The third-order valence-corrected chi connectivity index (χ3v) is 9.73. The molecule has 2 N–H and O–H groups in total. The molecule has 10 heteroatoms. The Bertz CT molecular complexity index is 965. The van der Waals surface area contributed by atoms with Gasteiger partial charge in [-0.2, -0.15) is 0 Å². The fourth-order valence-corrected chi connectivity index (χ4v) is 7.29. The molecule has 0 aromatic carbocycles. The number of hydrogen-bond donors (Lipinski definition) is 2. The smallest absolute Gasteiger partial charge is 0.444 e. The number of likely N-dealkylation sites (tertiary alicyclic amines) is 1. The first-order chi connectivity index (χ1) is 18.0. The third-order valence-electron chi connectivity index (χ3n) is 9.73. The van der Waals surface area contributed by atoms with Crippen LogP contribution in [0.4, 0.5) is 4.79 Å². The molecule has 3 saturated carbocycles. The standard InChI is InChI=1S/C29H50BN3O6/c1-16(2)22(31-26(36)37-27(5,6)7)25(35)33-13-11-12-19(33)24(34)32-23(17(3)4)30-38-21-15-18-14-20(28(18,8)9)29(21,10)39-30/h16-23H,11-15H2,1-10H3,(H,31,36)(H,32,34)/t18-,19-,20-,21+,22-,23-,29-/m0/s1. The van der Waals surface area contributed by atoms with E-state index in [4.69, 9.17) is 14.0 Å². The highest BCUT2D eigenvalue weighted by Crippen LogP contribution is 2.65. The summed E-state index contributed by atoms with van der Waals surface area (Å²) in [7, 11) is -0.526. The summed E-state index contributed by atoms with van der Waals surface area (Å²) in [5.74, 6) is 0.205. The van der Waals surface area contributed by atoms with E-state index in [0.717, 1.165) is 12.8 Å². The van der Waals surface area contributed by atoms with E-state index < -0.39 is 30.9 Å². The summed E-state index contributed by atoms with van der Waals surface area (Å²) < 4.78 is 18.6. The Kier molecular flexibility index (Phi) is 8.16. The molecule has 0 spiro atoms. The van der Waals surface area contributed by atoms with Crippen molar-refractivity contribution in [3.05, 3.63) is 0 Å². The molecular weight excluding hydrogens is 497 g/mol. The van der Waals surface area contributed by atoms with E-state index in [0.29, 0.717) is 24.8 Å². The zero-order chi connectivity index (χ0) is 29.1. The molecule has 5 aliphatic rings. The van der Waals surface area contributed by atoms with Gasteiger partial charge in [-0.15, -0.1) is 0 Å². The van der Waals surface area contributed by atoms with Crippen LogP contribution in [0.5, 0.6) is 0 Å². The van der Waals surface area contributed by atoms with E-state index in [1.54, 1.807) is 25.7 Å². The first-order valence-corrected chi connectivity index (χ1v) is 14.9. The molecule has 2 aliphatic heterocycles. The van der Waals surface area contributed by atoms with E-state index in [2.05, 4.69) is 45.3 Å². The maximum Gasteiger partial charge on any atom is 0.481 e. The summed E-state index contributed by atoms with van der Waals surface area (Å²) >= 11 is 0. The zero-order valence-corrected chi connectivity index (χ0v) is 25.6.